The summed E-state index contributed by atoms with van der Waals surface area (Å²) in [5.41, 5.74) is 2.96. The first kappa shape index (κ1) is 8.23. The zero-order chi connectivity index (χ0) is 9.26. The van der Waals surface area contributed by atoms with E-state index in [1.54, 1.807) is 0 Å². The highest BCUT2D eigenvalue weighted by atomic mass is 15.0. The number of rotatable bonds is 2. The molecule has 0 N–H and O–H groups in total. The van der Waals surface area contributed by atoms with Gasteiger partial charge in [0.05, 0.1) is 11.9 Å². The molecule has 2 rings (SSSR count). The highest BCUT2D eigenvalue weighted by molar-refractivity contribution is 5.70. The Kier molecular flexibility index (Phi) is 2.00. The molecule has 0 spiro atoms. The summed E-state index contributed by atoms with van der Waals surface area (Å²) in [6.45, 7) is 5.14. The molecule has 68 valence electrons. The molecule has 2 aromatic rings. The van der Waals surface area contributed by atoms with Gasteiger partial charge >= 0.3 is 0 Å². The third-order valence-corrected chi connectivity index (χ3v) is 2.05. The van der Waals surface area contributed by atoms with Crippen molar-refractivity contribution in [2.24, 2.45) is 0 Å². The van der Waals surface area contributed by atoms with Gasteiger partial charge in [0, 0.05) is 12.7 Å². The van der Waals surface area contributed by atoms with Gasteiger partial charge in [0.15, 0.2) is 5.65 Å². The van der Waals surface area contributed by atoms with Gasteiger partial charge in [-0.1, -0.05) is 6.92 Å². The van der Waals surface area contributed by atoms with E-state index in [9.17, 15) is 0 Å². The molecule has 0 bridgehead atoms. The fourth-order valence-electron chi connectivity index (χ4n) is 1.48. The minimum absolute atomic E-state index is 0.974. The summed E-state index contributed by atoms with van der Waals surface area (Å²) in [5, 5.41) is 0. The van der Waals surface area contributed by atoms with Gasteiger partial charge in [0.25, 0.3) is 0 Å². The molecule has 0 aliphatic rings. The number of nitrogens with zero attached hydrogens (tertiary/aromatic N) is 3. The smallest absolute Gasteiger partial charge is 0.158 e. The van der Waals surface area contributed by atoms with E-state index in [4.69, 9.17) is 0 Å². The molecule has 0 fully saturated rings. The van der Waals surface area contributed by atoms with Crippen LogP contribution in [-0.2, 0) is 6.54 Å². The second kappa shape index (κ2) is 3.17. The van der Waals surface area contributed by atoms with E-state index in [-0.39, 0.29) is 0 Å². The van der Waals surface area contributed by atoms with Crippen molar-refractivity contribution in [2.45, 2.75) is 26.8 Å². The second-order valence-electron chi connectivity index (χ2n) is 3.23. The predicted octanol–water partition coefficient (Wildman–Crippen LogP) is 2.15. The van der Waals surface area contributed by atoms with Gasteiger partial charge < -0.3 is 4.57 Å². The van der Waals surface area contributed by atoms with Crippen molar-refractivity contribution in [3.05, 3.63) is 24.2 Å². The van der Waals surface area contributed by atoms with Crippen molar-refractivity contribution >= 4 is 11.2 Å². The largest absolute Gasteiger partial charge is 0.331 e. The zero-order valence-corrected chi connectivity index (χ0v) is 7.99. The zero-order valence-electron chi connectivity index (χ0n) is 7.99. The molecule has 0 saturated carbocycles. The standard InChI is InChI=1S/C10H13N3/c1-3-5-13-6-4-9-10(13)11-7-8(2)12-9/h4,6-7H,3,5H2,1-2H3. The van der Waals surface area contributed by atoms with Gasteiger partial charge in [-0.3, -0.25) is 0 Å². The van der Waals surface area contributed by atoms with E-state index in [0.29, 0.717) is 0 Å². The van der Waals surface area contributed by atoms with Crippen LogP contribution in [0.25, 0.3) is 11.2 Å². The summed E-state index contributed by atoms with van der Waals surface area (Å²) in [4.78, 5) is 8.75. The third-order valence-electron chi connectivity index (χ3n) is 2.05. The lowest BCUT2D eigenvalue weighted by atomic mass is 10.4. The lowest BCUT2D eigenvalue weighted by Crippen LogP contribution is -1.96. The van der Waals surface area contributed by atoms with Gasteiger partial charge in [-0.2, -0.15) is 0 Å². The molecule has 13 heavy (non-hydrogen) atoms. The monoisotopic (exact) mass is 175 g/mol. The van der Waals surface area contributed by atoms with Crippen LogP contribution in [0.2, 0.25) is 0 Å². The summed E-state index contributed by atoms with van der Waals surface area (Å²) in [6, 6.07) is 2.02. The molecule has 0 atom stereocenters. The summed E-state index contributed by atoms with van der Waals surface area (Å²) in [5.74, 6) is 0. The molecule has 0 unspecified atom stereocenters. The molecule has 2 aromatic heterocycles. The Bertz CT molecular complexity index is 417. The Balaban J connectivity index is 2.55. The maximum absolute atomic E-state index is 4.40. The fraction of sp³-hybridized carbons (Fsp3) is 0.400. The van der Waals surface area contributed by atoms with Crippen LogP contribution in [0.5, 0.6) is 0 Å². The van der Waals surface area contributed by atoms with Crippen LogP contribution in [0.3, 0.4) is 0 Å². The molecule has 0 aliphatic carbocycles. The maximum Gasteiger partial charge on any atom is 0.158 e. The SMILES string of the molecule is CCCn1ccc2nc(C)cnc21. The van der Waals surface area contributed by atoms with E-state index >= 15 is 0 Å². The van der Waals surface area contributed by atoms with E-state index in [1.807, 2.05) is 25.4 Å². The first-order valence-corrected chi connectivity index (χ1v) is 4.59. The number of aryl methyl sites for hydroxylation is 2. The maximum atomic E-state index is 4.40. The number of hydrogen-bond acceptors (Lipinski definition) is 2. The topological polar surface area (TPSA) is 30.7 Å². The Morgan fingerprint density at radius 1 is 1.46 bits per heavy atom. The molecule has 2 heterocycles. The van der Waals surface area contributed by atoms with Crippen LogP contribution in [0, 0.1) is 6.92 Å². The Morgan fingerprint density at radius 3 is 3.08 bits per heavy atom. The van der Waals surface area contributed by atoms with Crippen LogP contribution >= 0.6 is 0 Å². The van der Waals surface area contributed by atoms with Crippen LogP contribution < -0.4 is 0 Å². The molecular weight excluding hydrogens is 162 g/mol. The summed E-state index contributed by atoms with van der Waals surface area (Å²) < 4.78 is 2.14. The van der Waals surface area contributed by atoms with Crippen LogP contribution in [0.4, 0.5) is 0 Å². The molecule has 0 amide bonds. The first-order valence-electron chi connectivity index (χ1n) is 4.59. The highest BCUT2D eigenvalue weighted by Crippen LogP contribution is 2.11. The Hall–Kier alpha value is -1.38. The number of fused-ring (bicyclic) bond motifs is 1. The number of aromatic nitrogens is 3. The van der Waals surface area contributed by atoms with Gasteiger partial charge in [0.2, 0.25) is 0 Å². The minimum atomic E-state index is 0.974. The van der Waals surface area contributed by atoms with Crippen molar-refractivity contribution in [2.75, 3.05) is 0 Å². The molecule has 3 heteroatoms. The van der Waals surface area contributed by atoms with Crippen molar-refractivity contribution in [1.82, 2.24) is 14.5 Å². The van der Waals surface area contributed by atoms with Crippen molar-refractivity contribution in [3.63, 3.8) is 0 Å². The van der Waals surface area contributed by atoms with Gasteiger partial charge in [0.1, 0.15) is 5.52 Å². The third kappa shape index (κ3) is 1.41. The van der Waals surface area contributed by atoms with Crippen LogP contribution in [-0.4, -0.2) is 14.5 Å². The molecule has 0 radical (unpaired) electrons. The summed E-state index contributed by atoms with van der Waals surface area (Å²) in [6.07, 6.45) is 4.99. The average Bonchev–Trinajstić information content (AvgIpc) is 2.49. The van der Waals surface area contributed by atoms with Crippen LogP contribution in [0.15, 0.2) is 18.5 Å². The van der Waals surface area contributed by atoms with E-state index in [0.717, 1.165) is 29.8 Å². The summed E-state index contributed by atoms with van der Waals surface area (Å²) >= 11 is 0. The minimum Gasteiger partial charge on any atom is -0.331 e. The molecule has 0 saturated heterocycles. The van der Waals surface area contributed by atoms with E-state index in [1.165, 1.54) is 0 Å². The van der Waals surface area contributed by atoms with Crippen LogP contribution in [0.1, 0.15) is 19.0 Å². The molecule has 0 aliphatic heterocycles. The fourth-order valence-corrected chi connectivity index (χ4v) is 1.48. The van der Waals surface area contributed by atoms with Crippen molar-refractivity contribution < 1.29 is 0 Å². The summed E-state index contributed by atoms with van der Waals surface area (Å²) in [7, 11) is 0. The second-order valence-corrected chi connectivity index (χ2v) is 3.23. The number of hydrogen-bond donors (Lipinski definition) is 0. The lowest BCUT2D eigenvalue weighted by molar-refractivity contribution is 0.697. The lowest BCUT2D eigenvalue weighted by Gasteiger charge is -2.00. The first-order chi connectivity index (χ1) is 6.31. The quantitative estimate of drug-likeness (QED) is 0.700. The van der Waals surface area contributed by atoms with Crippen molar-refractivity contribution in [1.29, 1.82) is 0 Å². The average molecular weight is 175 g/mol. The predicted molar refractivity (Wildman–Crippen MR) is 52.6 cm³/mol. The highest BCUT2D eigenvalue weighted by Gasteiger charge is 2.01. The molecule has 0 aromatic carbocycles. The van der Waals surface area contributed by atoms with E-state index < -0.39 is 0 Å². The van der Waals surface area contributed by atoms with Gasteiger partial charge in [-0.15, -0.1) is 0 Å². The van der Waals surface area contributed by atoms with Crippen molar-refractivity contribution in [3.8, 4) is 0 Å². The molecule has 3 nitrogen and oxygen atoms in total. The van der Waals surface area contributed by atoms with Gasteiger partial charge in [-0.05, 0) is 19.4 Å². The normalized spacial score (nSPS) is 10.9. The Morgan fingerprint density at radius 2 is 2.31 bits per heavy atom. The van der Waals surface area contributed by atoms with E-state index in [2.05, 4.69) is 21.5 Å². The van der Waals surface area contributed by atoms with Gasteiger partial charge in [-0.25, -0.2) is 9.97 Å². The Labute approximate surface area is 77.4 Å². The molecular formula is C10H13N3.